The Morgan fingerprint density at radius 2 is 1.90 bits per heavy atom. The Kier molecular flexibility index (Phi) is 8.31. The SMILES string of the molecule is CC.COc1ccc(S(=O)(=O)N2CCN(C)CC2)cc1C=Nc1c(C(N)=O)n[nH]c1C. The number of ether oxygens (including phenoxy) is 1. The van der Waals surface area contributed by atoms with E-state index in [0.29, 0.717) is 48.9 Å². The highest BCUT2D eigenvalue weighted by Crippen LogP contribution is 2.26. The maximum atomic E-state index is 13.0. The second kappa shape index (κ2) is 10.5. The van der Waals surface area contributed by atoms with Crippen LogP contribution in [0.4, 0.5) is 5.69 Å². The molecule has 0 saturated carbocycles. The van der Waals surface area contributed by atoms with Crippen LogP contribution in [0.3, 0.4) is 0 Å². The van der Waals surface area contributed by atoms with Gasteiger partial charge in [-0.1, -0.05) is 13.8 Å². The maximum absolute atomic E-state index is 13.0. The summed E-state index contributed by atoms with van der Waals surface area (Å²) in [5.41, 5.74) is 6.65. The topological polar surface area (TPSA) is 134 Å². The molecule has 0 spiro atoms. The summed E-state index contributed by atoms with van der Waals surface area (Å²) in [6.07, 6.45) is 1.44. The van der Waals surface area contributed by atoms with E-state index in [1.54, 1.807) is 13.0 Å². The highest BCUT2D eigenvalue weighted by atomic mass is 32.2. The van der Waals surface area contributed by atoms with Gasteiger partial charge in [0.05, 0.1) is 17.7 Å². The van der Waals surface area contributed by atoms with Crippen LogP contribution in [0.2, 0.25) is 0 Å². The minimum Gasteiger partial charge on any atom is -0.496 e. The number of carbonyl (C=O) groups is 1. The minimum absolute atomic E-state index is 0.0129. The number of amides is 1. The van der Waals surface area contributed by atoms with E-state index in [1.165, 1.54) is 29.8 Å². The van der Waals surface area contributed by atoms with Crippen LogP contribution in [0, 0.1) is 6.92 Å². The number of aliphatic imine (C=N–C) groups is 1. The molecule has 2 aromatic rings. The van der Waals surface area contributed by atoms with E-state index in [2.05, 4.69) is 20.1 Å². The first-order valence-electron chi connectivity index (χ1n) is 9.99. The molecule has 170 valence electrons. The number of primary amides is 1. The molecule has 0 radical (unpaired) electrons. The predicted octanol–water partition coefficient (Wildman–Crippen LogP) is 1.54. The number of rotatable bonds is 6. The minimum atomic E-state index is -3.64. The molecule has 3 N–H and O–H groups in total. The molecule has 1 saturated heterocycles. The normalized spacial score (nSPS) is 15.5. The van der Waals surface area contributed by atoms with Crippen molar-refractivity contribution in [2.24, 2.45) is 10.7 Å². The van der Waals surface area contributed by atoms with Crippen molar-refractivity contribution in [1.82, 2.24) is 19.4 Å². The first-order valence-corrected chi connectivity index (χ1v) is 11.4. The zero-order chi connectivity index (χ0) is 23.2. The summed E-state index contributed by atoms with van der Waals surface area (Å²) in [5, 5.41) is 6.51. The van der Waals surface area contributed by atoms with Crippen LogP contribution in [-0.2, 0) is 10.0 Å². The zero-order valence-corrected chi connectivity index (χ0v) is 19.4. The average Bonchev–Trinajstić information content (AvgIpc) is 3.14. The van der Waals surface area contributed by atoms with Gasteiger partial charge in [-0.05, 0) is 32.2 Å². The highest BCUT2D eigenvalue weighted by molar-refractivity contribution is 7.89. The third-order valence-electron chi connectivity index (χ3n) is 4.78. The van der Waals surface area contributed by atoms with E-state index >= 15 is 0 Å². The summed E-state index contributed by atoms with van der Waals surface area (Å²) in [7, 11) is -0.190. The largest absolute Gasteiger partial charge is 0.496 e. The molecule has 2 heterocycles. The average molecular weight is 451 g/mol. The Bertz CT molecular complexity index is 1040. The monoisotopic (exact) mass is 450 g/mol. The van der Waals surface area contributed by atoms with Crippen molar-refractivity contribution in [2.45, 2.75) is 25.7 Å². The quantitative estimate of drug-likeness (QED) is 0.641. The number of aryl methyl sites for hydroxylation is 1. The number of benzene rings is 1. The van der Waals surface area contributed by atoms with Gasteiger partial charge in [-0.3, -0.25) is 14.9 Å². The molecule has 1 amide bonds. The van der Waals surface area contributed by atoms with E-state index in [1.807, 2.05) is 20.9 Å². The molecule has 3 rings (SSSR count). The van der Waals surface area contributed by atoms with Gasteiger partial charge in [0.25, 0.3) is 5.91 Å². The molecule has 1 fully saturated rings. The highest BCUT2D eigenvalue weighted by Gasteiger charge is 2.28. The molecule has 1 aromatic carbocycles. The van der Waals surface area contributed by atoms with E-state index in [0.717, 1.165) is 0 Å². The molecule has 1 aliphatic heterocycles. The van der Waals surface area contributed by atoms with Crippen molar-refractivity contribution in [3.8, 4) is 5.75 Å². The summed E-state index contributed by atoms with van der Waals surface area (Å²) < 4.78 is 32.8. The lowest BCUT2D eigenvalue weighted by Crippen LogP contribution is -2.47. The number of nitrogens with one attached hydrogen (secondary N) is 1. The fourth-order valence-electron chi connectivity index (χ4n) is 3.04. The molecule has 0 unspecified atom stereocenters. The van der Waals surface area contributed by atoms with Crippen LogP contribution in [0.5, 0.6) is 5.75 Å². The fraction of sp³-hybridized carbons (Fsp3) is 0.450. The number of sulfonamides is 1. The number of aromatic nitrogens is 2. The van der Waals surface area contributed by atoms with Crippen LogP contribution in [0.25, 0.3) is 0 Å². The summed E-state index contributed by atoms with van der Waals surface area (Å²) in [6, 6.07) is 4.61. The molecule has 11 heteroatoms. The van der Waals surface area contributed by atoms with Crippen molar-refractivity contribution in [1.29, 1.82) is 0 Å². The Hall–Kier alpha value is -2.76. The summed E-state index contributed by atoms with van der Waals surface area (Å²) in [6.45, 7) is 7.94. The Balaban J connectivity index is 0.00000166. The third kappa shape index (κ3) is 5.49. The van der Waals surface area contributed by atoms with Crippen molar-refractivity contribution < 1.29 is 17.9 Å². The van der Waals surface area contributed by atoms with Crippen molar-refractivity contribution in [3.63, 3.8) is 0 Å². The van der Waals surface area contributed by atoms with Gasteiger partial charge in [-0.25, -0.2) is 8.42 Å². The summed E-state index contributed by atoms with van der Waals surface area (Å²) >= 11 is 0. The molecule has 0 aliphatic carbocycles. The molecule has 0 bridgehead atoms. The van der Waals surface area contributed by atoms with Crippen LogP contribution >= 0.6 is 0 Å². The second-order valence-electron chi connectivity index (χ2n) is 6.78. The van der Waals surface area contributed by atoms with Crippen LogP contribution in [0.15, 0.2) is 28.1 Å². The van der Waals surface area contributed by atoms with E-state index in [9.17, 15) is 13.2 Å². The van der Waals surface area contributed by atoms with Gasteiger partial charge in [0.15, 0.2) is 5.69 Å². The first kappa shape index (κ1) is 24.5. The molecule has 1 aliphatic rings. The van der Waals surface area contributed by atoms with Crippen LogP contribution in [0.1, 0.15) is 35.6 Å². The van der Waals surface area contributed by atoms with Crippen LogP contribution in [-0.4, -0.2) is 80.3 Å². The number of nitrogens with zero attached hydrogens (tertiary/aromatic N) is 4. The summed E-state index contributed by atoms with van der Waals surface area (Å²) in [5.74, 6) is -0.257. The van der Waals surface area contributed by atoms with Gasteiger partial charge in [0, 0.05) is 38.0 Å². The first-order chi connectivity index (χ1) is 14.7. The summed E-state index contributed by atoms with van der Waals surface area (Å²) in [4.78, 5) is 18.0. The lowest BCUT2D eigenvalue weighted by molar-refractivity contribution is 0.0996. The number of methoxy groups -OCH3 is 1. The van der Waals surface area contributed by atoms with E-state index in [4.69, 9.17) is 10.5 Å². The zero-order valence-electron chi connectivity index (χ0n) is 18.5. The Morgan fingerprint density at radius 1 is 1.26 bits per heavy atom. The van der Waals surface area contributed by atoms with Crippen molar-refractivity contribution in [2.75, 3.05) is 40.3 Å². The molecule has 10 nitrogen and oxygen atoms in total. The standard InChI is InChI=1S/C18H24N6O4S.C2H6/c1-12-16(17(18(19)25)22-21-12)20-11-13-10-14(4-5-15(13)28-3)29(26,27)24-8-6-23(2)7-9-24;1-2/h4-5,10-11H,6-9H2,1-3H3,(H2,19,25)(H,21,22);1-2H3. The molecular formula is C20H30N6O4S. The molecule has 1 aromatic heterocycles. The van der Waals surface area contributed by atoms with Gasteiger partial charge in [-0.2, -0.15) is 9.40 Å². The Morgan fingerprint density at radius 3 is 2.48 bits per heavy atom. The number of H-pyrrole nitrogens is 1. The Labute approximate surface area is 183 Å². The van der Waals surface area contributed by atoms with Gasteiger partial charge < -0.3 is 15.4 Å². The van der Waals surface area contributed by atoms with Crippen molar-refractivity contribution in [3.05, 3.63) is 35.2 Å². The third-order valence-corrected chi connectivity index (χ3v) is 6.68. The number of nitrogens with two attached hydrogens (primary N) is 1. The number of hydrogen-bond acceptors (Lipinski definition) is 7. The predicted molar refractivity (Wildman–Crippen MR) is 120 cm³/mol. The van der Waals surface area contributed by atoms with E-state index in [-0.39, 0.29) is 10.6 Å². The van der Waals surface area contributed by atoms with Crippen LogP contribution < -0.4 is 10.5 Å². The number of piperazine rings is 1. The lowest BCUT2D eigenvalue weighted by Gasteiger charge is -2.31. The molecular weight excluding hydrogens is 420 g/mol. The van der Waals surface area contributed by atoms with Gasteiger partial charge in [0.2, 0.25) is 10.0 Å². The van der Waals surface area contributed by atoms with Gasteiger partial charge in [0.1, 0.15) is 11.4 Å². The maximum Gasteiger partial charge on any atom is 0.271 e. The van der Waals surface area contributed by atoms with Gasteiger partial charge >= 0.3 is 0 Å². The second-order valence-corrected chi connectivity index (χ2v) is 8.72. The van der Waals surface area contributed by atoms with E-state index < -0.39 is 15.9 Å². The number of likely N-dealkylation sites (N-methyl/N-ethyl adjacent to an activating group) is 1. The number of aromatic amines is 1. The number of carbonyl (C=O) groups excluding carboxylic acids is 1. The smallest absolute Gasteiger partial charge is 0.271 e. The molecule has 0 atom stereocenters. The molecule has 31 heavy (non-hydrogen) atoms. The fourth-order valence-corrected chi connectivity index (χ4v) is 4.50. The van der Waals surface area contributed by atoms with Gasteiger partial charge in [-0.15, -0.1) is 0 Å². The lowest BCUT2D eigenvalue weighted by atomic mass is 10.2. The van der Waals surface area contributed by atoms with Crippen molar-refractivity contribution >= 4 is 27.8 Å². The number of hydrogen-bond donors (Lipinski definition) is 2.